The Labute approximate surface area is 112 Å². The summed E-state index contributed by atoms with van der Waals surface area (Å²) in [5.41, 5.74) is 1.72. The van der Waals surface area contributed by atoms with Crippen molar-refractivity contribution in [1.82, 2.24) is 0 Å². The van der Waals surface area contributed by atoms with Crippen molar-refractivity contribution in [2.75, 3.05) is 23.6 Å². The highest BCUT2D eigenvalue weighted by Gasteiger charge is 2.11. The summed E-state index contributed by atoms with van der Waals surface area (Å²) in [7, 11) is 0. The molecular weight excluding hydrogens is 248 g/mol. The number of benzene rings is 1. The lowest BCUT2D eigenvalue weighted by atomic mass is 10.1. The quantitative estimate of drug-likeness (QED) is 0.794. The Balaban J connectivity index is 2.94. The molecule has 0 amide bonds. The molecule has 0 heterocycles. The van der Waals surface area contributed by atoms with Gasteiger partial charge in [0.05, 0.1) is 11.3 Å². The predicted molar refractivity (Wildman–Crippen MR) is 79.0 cm³/mol. The molecule has 0 bridgehead atoms. The summed E-state index contributed by atoms with van der Waals surface area (Å²) in [5.74, 6) is 1.06. The van der Waals surface area contributed by atoms with Crippen LogP contribution in [0.15, 0.2) is 23.1 Å². The molecule has 1 rings (SSSR count). The number of rotatable bonds is 6. The molecule has 4 heteroatoms. The van der Waals surface area contributed by atoms with Crippen molar-refractivity contribution in [1.29, 1.82) is 5.26 Å². The predicted octanol–water partition coefficient (Wildman–Crippen LogP) is 3.83. The van der Waals surface area contributed by atoms with Gasteiger partial charge in [0.25, 0.3) is 0 Å². The topological polar surface area (TPSA) is 35.8 Å². The number of anilines is 1. The van der Waals surface area contributed by atoms with Gasteiger partial charge in [-0.1, -0.05) is 13.0 Å². The summed E-state index contributed by atoms with van der Waals surface area (Å²) in [6.07, 6.45) is 5.17. The van der Waals surface area contributed by atoms with E-state index in [1.807, 2.05) is 36.2 Å². The van der Waals surface area contributed by atoms with Crippen LogP contribution in [0, 0.1) is 11.3 Å². The van der Waals surface area contributed by atoms with Crippen LogP contribution >= 0.6 is 23.5 Å². The van der Waals surface area contributed by atoms with Gasteiger partial charge in [-0.15, -0.1) is 11.8 Å². The second-order valence-corrected chi connectivity index (χ2v) is 5.46. The second kappa shape index (κ2) is 7.52. The zero-order valence-electron chi connectivity index (χ0n) is 10.5. The van der Waals surface area contributed by atoms with Crippen molar-refractivity contribution >= 4 is 29.2 Å². The van der Waals surface area contributed by atoms with E-state index in [2.05, 4.69) is 24.6 Å². The fourth-order valence-electron chi connectivity index (χ4n) is 1.62. The maximum atomic E-state index is 9.24. The minimum Gasteiger partial charge on any atom is -0.380 e. The van der Waals surface area contributed by atoms with Crippen molar-refractivity contribution in [3.63, 3.8) is 0 Å². The lowest BCUT2D eigenvalue weighted by Crippen LogP contribution is -2.21. The Morgan fingerprint density at radius 1 is 1.41 bits per heavy atom. The first-order valence-electron chi connectivity index (χ1n) is 5.59. The first kappa shape index (κ1) is 14.3. The highest BCUT2D eigenvalue weighted by atomic mass is 32.2. The molecular formula is C13H18N2S2. The van der Waals surface area contributed by atoms with Crippen molar-refractivity contribution in [2.45, 2.75) is 24.3 Å². The van der Waals surface area contributed by atoms with Gasteiger partial charge in [-0.05, 0) is 31.1 Å². The van der Waals surface area contributed by atoms with E-state index in [-0.39, 0.29) is 0 Å². The molecule has 17 heavy (non-hydrogen) atoms. The van der Waals surface area contributed by atoms with Gasteiger partial charge in [-0.2, -0.15) is 17.0 Å². The van der Waals surface area contributed by atoms with Gasteiger partial charge in [0, 0.05) is 16.7 Å². The number of nitrogens with one attached hydrogen (secondary N) is 1. The average Bonchev–Trinajstić information content (AvgIpc) is 2.37. The van der Waals surface area contributed by atoms with Crippen LogP contribution in [0.2, 0.25) is 0 Å². The summed E-state index contributed by atoms with van der Waals surface area (Å²) in [4.78, 5) is 1.04. The van der Waals surface area contributed by atoms with E-state index in [0.717, 1.165) is 28.3 Å². The van der Waals surface area contributed by atoms with Crippen molar-refractivity contribution in [3.05, 3.63) is 23.8 Å². The van der Waals surface area contributed by atoms with Crippen LogP contribution in [0.25, 0.3) is 0 Å². The molecule has 0 aliphatic heterocycles. The van der Waals surface area contributed by atoms with Gasteiger partial charge in [-0.25, -0.2) is 0 Å². The second-order valence-electron chi connectivity index (χ2n) is 3.70. The van der Waals surface area contributed by atoms with Crippen LogP contribution in [0.5, 0.6) is 0 Å². The van der Waals surface area contributed by atoms with E-state index in [9.17, 15) is 5.26 Å². The number of nitrogens with zero attached hydrogens (tertiary/aromatic N) is 1. The highest BCUT2D eigenvalue weighted by Crippen LogP contribution is 2.27. The van der Waals surface area contributed by atoms with Gasteiger partial charge >= 0.3 is 0 Å². The smallest absolute Gasteiger partial charge is 0.102 e. The van der Waals surface area contributed by atoms with Gasteiger partial charge in [0.1, 0.15) is 6.07 Å². The van der Waals surface area contributed by atoms with E-state index in [1.165, 1.54) is 0 Å². The molecule has 1 aromatic rings. The maximum Gasteiger partial charge on any atom is 0.102 e. The lowest BCUT2D eigenvalue weighted by molar-refractivity contribution is 0.774. The van der Waals surface area contributed by atoms with Crippen LogP contribution in [-0.2, 0) is 0 Å². The van der Waals surface area contributed by atoms with E-state index in [0.29, 0.717) is 6.04 Å². The monoisotopic (exact) mass is 266 g/mol. The van der Waals surface area contributed by atoms with Gasteiger partial charge in [-0.3, -0.25) is 0 Å². The molecule has 0 aliphatic carbocycles. The van der Waals surface area contributed by atoms with E-state index in [1.54, 1.807) is 11.8 Å². The average molecular weight is 266 g/mol. The van der Waals surface area contributed by atoms with Crippen molar-refractivity contribution in [3.8, 4) is 6.07 Å². The first-order valence-corrected chi connectivity index (χ1v) is 8.21. The third kappa shape index (κ3) is 3.86. The molecule has 1 N–H and O–H groups in total. The Morgan fingerprint density at radius 2 is 2.18 bits per heavy atom. The molecule has 1 unspecified atom stereocenters. The van der Waals surface area contributed by atoms with Crippen molar-refractivity contribution < 1.29 is 0 Å². The van der Waals surface area contributed by atoms with Gasteiger partial charge < -0.3 is 5.32 Å². The third-order valence-electron chi connectivity index (χ3n) is 2.58. The van der Waals surface area contributed by atoms with Gasteiger partial charge in [0.15, 0.2) is 0 Å². The van der Waals surface area contributed by atoms with Crippen LogP contribution in [0.4, 0.5) is 5.69 Å². The van der Waals surface area contributed by atoms with E-state index < -0.39 is 0 Å². The van der Waals surface area contributed by atoms with Crippen LogP contribution in [0.1, 0.15) is 18.9 Å². The Kier molecular flexibility index (Phi) is 6.31. The normalized spacial score (nSPS) is 11.9. The molecule has 92 valence electrons. The number of nitriles is 1. The largest absolute Gasteiger partial charge is 0.380 e. The van der Waals surface area contributed by atoms with E-state index in [4.69, 9.17) is 0 Å². The SMILES string of the molecule is CCC(CSC)Nc1cccc(SC)c1C#N. The molecule has 0 aliphatic rings. The van der Waals surface area contributed by atoms with Crippen LogP contribution in [0.3, 0.4) is 0 Å². The summed E-state index contributed by atoms with van der Waals surface area (Å²) >= 11 is 3.44. The fraction of sp³-hybridized carbons (Fsp3) is 0.462. The number of thioether (sulfide) groups is 2. The minimum atomic E-state index is 0.425. The molecule has 1 aromatic carbocycles. The fourth-order valence-corrected chi connectivity index (χ4v) is 2.92. The van der Waals surface area contributed by atoms with Gasteiger partial charge in [0.2, 0.25) is 0 Å². The molecule has 0 radical (unpaired) electrons. The zero-order valence-corrected chi connectivity index (χ0v) is 12.1. The first-order chi connectivity index (χ1) is 8.26. The maximum absolute atomic E-state index is 9.24. The number of hydrogen-bond acceptors (Lipinski definition) is 4. The Bertz CT molecular complexity index is 399. The molecule has 1 atom stereocenters. The summed E-state index contributed by atoms with van der Waals surface area (Å²) in [6.45, 7) is 2.17. The van der Waals surface area contributed by atoms with E-state index >= 15 is 0 Å². The Hall–Kier alpha value is -0.790. The standard InChI is InChI=1S/C13H18N2S2/c1-4-10(9-16-2)15-12-6-5-7-13(17-3)11(12)8-14/h5-7,10,15H,4,9H2,1-3H3. The molecule has 0 saturated carbocycles. The molecule has 2 nitrogen and oxygen atoms in total. The molecule has 0 spiro atoms. The molecule has 0 fully saturated rings. The summed E-state index contributed by atoms with van der Waals surface area (Å²) in [5, 5.41) is 12.7. The lowest BCUT2D eigenvalue weighted by Gasteiger charge is -2.18. The third-order valence-corrected chi connectivity index (χ3v) is 4.09. The zero-order chi connectivity index (χ0) is 12.7. The Morgan fingerprint density at radius 3 is 2.71 bits per heavy atom. The minimum absolute atomic E-state index is 0.425. The highest BCUT2D eigenvalue weighted by molar-refractivity contribution is 7.98. The summed E-state index contributed by atoms with van der Waals surface area (Å²) in [6, 6.07) is 8.70. The summed E-state index contributed by atoms with van der Waals surface area (Å²) < 4.78 is 0. The molecule has 0 aromatic heterocycles. The van der Waals surface area contributed by atoms with Crippen LogP contribution < -0.4 is 5.32 Å². The number of hydrogen-bond donors (Lipinski definition) is 1. The van der Waals surface area contributed by atoms with Crippen molar-refractivity contribution in [2.24, 2.45) is 0 Å². The van der Waals surface area contributed by atoms with Crippen LogP contribution in [-0.4, -0.2) is 24.3 Å². The molecule has 0 saturated heterocycles.